The maximum Gasteiger partial charge on any atom is 0.161 e. The summed E-state index contributed by atoms with van der Waals surface area (Å²) in [7, 11) is 0. The standard InChI is InChI=1S/C53H32N2O/c1-2-16-34(17-3-1)47-32-48(39-25-14-18-33-15-4-5-19-36(33)39)55-52(54-47)40-22-7-6-20-37(40)35-29-30-46-43(31-35)38-21-8-11-26-44(38)53(46)45-27-12-9-23-41(45)51-50(53)42-24-10-13-28-49(42)56-51/h1-32H. The van der Waals surface area contributed by atoms with Crippen LogP contribution in [0.15, 0.2) is 199 Å². The second-order valence-electron chi connectivity index (χ2n) is 14.8. The van der Waals surface area contributed by atoms with Gasteiger partial charge in [-0.15, -0.1) is 0 Å². The van der Waals surface area contributed by atoms with Crippen molar-refractivity contribution in [2.45, 2.75) is 5.41 Å². The molecule has 0 aliphatic heterocycles. The van der Waals surface area contributed by atoms with Crippen molar-refractivity contribution in [2.75, 3.05) is 0 Å². The number of nitrogens with zero attached hydrogens (tertiary/aromatic N) is 2. The molecule has 0 saturated heterocycles. The minimum atomic E-state index is -0.497. The van der Waals surface area contributed by atoms with E-state index in [4.69, 9.17) is 14.4 Å². The lowest BCUT2D eigenvalue weighted by atomic mass is 9.70. The van der Waals surface area contributed by atoms with Gasteiger partial charge in [-0.2, -0.15) is 0 Å². The molecule has 0 bridgehead atoms. The molecular formula is C53H32N2O. The zero-order chi connectivity index (χ0) is 36.8. The van der Waals surface area contributed by atoms with Crippen molar-refractivity contribution in [3.63, 3.8) is 0 Å². The van der Waals surface area contributed by atoms with Gasteiger partial charge in [0.05, 0.1) is 16.8 Å². The topological polar surface area (TPSA) is 38.9 Å². The number of para-hydroxylation sites is 1. The molecule has 0 N–H and O–H groups in total. The fourth-order valence-electron chi connectivity index (χ4n) is 9.60. The highest BCUT2D eigenvalue weighted by molar-refractivity contribution is 6.03. The SMILES string of the molecule is c1ccc(-c2cc(-c3cccc4ccccc34)nc(-c3ccccc3-c3ccc4c(c3)-c3ccccc3C43c4ccccc4-c4oc5ccccc5c43)n2)cc1. The number of furan rings is 1. The molecule has 1 unspecified atom stereocenters. The molecule has 0 saturated carbocycles. The van der Waals surface area contributed by atoms with E-state index in [1.165, 1.54) is 44.2 Å². The van der Waals surface area contributed by atoms with E-state index in [1.807, 2.05) is 6.07 Å². The lowest BCUT2D eigenvalue weighted by molar-refractivity contribution is 0.628. The van der Waals surface area contributed by atoms with Crippen LogP contribution in [-0.2, 0) is 5.41 Å². The highest BCUT2D eigenvalue weighted by Crippen LogP contribution is 2.65. The number of aromatic nitrogens is 2. The Morgan fingerprint density at radius 2 is 0.982 bits per heavy atom. The number of fused-ring (bicyclic) bond motifs is 13. The highest BCUT2D eigenvalue weighted by Gasteiger charge is 2.54. The lowest BCUT2D eigenvalue weighted by Gasteiger charge is -2.30. The molecule has 0 fully saturated rings. The molecule has 10 aromatic rings. The van der Waals surface area contributed by atoms with Crippen LogP contribution >= 0.6 is 0 Å². The van der Waals surface area contributed by atoms with Crippen molar-refractivity contribution in [2.24, 2.45) is 0 Å². The van der Waals surface area contributed by atoms with Gasteiger partial charge in [-0.05, 0) is 67.9 Å². The van der Waals surface area contributed by atoms with Crippen molar-refractivity contribution in [3.8, 4) is 67.5 Å². The van der Waals surface area contributed by atoms with Gasteiger partial charge >= 0.3 is 0 Å². The fourth-order valence-corrected chi connectivity index (χ4v) is 9.60. The first-order valence-electron chi connectivity index (χ1n) is 19.2. The van der Waals surface area contributed by atoms with Gasteiger partial charge in [0.15, 0.2) is 5.82 Å². The molecule has 56 heavy (non-hydrogen) atoms. The van der Waals surface area contributed by atoms with Gasteiger partial charge in [-0.1, -0.05) is 176 Å². The van der Waals surface area contributed by atoms with Gasteiger partial charge in [0.25, 0.3) is 0 Å². The van der Waals surface area contributed by atoms with E-state index in [9.17, 15) is 0 Å². The van der Waals surface area contributed by atoms with Crippen LogP contribution in [0.1, 0.15) is 22.3 Å². The van der Waals surface area contributed by atoms with Crippen molar-refractivity contribution >= 4 is 21.7 Å². The third-order valence-corrected chi connectivity index (χ3v) is 11.9. The Hall–Kier alpha value is -7.36. The predicted octanol–water partition coefficient (Wildman–Crippen LogP) is 13.4. The summed E-state index contributed by atoms with van der Waals surface area (Å²) >= 11 is 0. The number of hydrogen-bond donors (Lipinski definition) is 0. The fraction of sp³-hybridized carbons (Fsp3) is 0.0189. The molecule has 2 aliphatic carbocycles. The minimum Gasteiger partial charge on any atom is -0.456 e. The van der Waals surface area contributed by atoms with Gasteiger partial charge in [-0.3, -0.25) is 0 Å². The van der Waals surface area contributed by atoms with Gasteiger partial charge in [0, 0.05) is 33.2 Å². The Morgan fingerprint density at radius 3 is 1.84 bits per heavy atom. The van der Waals surface area contributed by atoms with Crippen LogP contribution in [0.4, 0.5) is 0 Å². The van der Waals surface area contributed by atoms with Crippen LogP contribution in [0.3, 0.4) is 0 Å². The van der Waals surface area contributed by atoms with Crippen LogP contribution in [0.5, 0.6) is 0 Å². The van der Waals surface area contributed by atoms with E-state index in [1.54, 1.807) is 0 Å². The monoisotopic (exact) mass is 712 g/mol. The van der Waals surface area contributed by atoms with Crippen LogP contribution in [0, 0.1) is 0 Å². The Kier molecular flexibility index (Phi) is 6.55. The third-order valence-electron chi connectivity index (χ3n) is 11.9. The van der Waals surface area contributed by atoms with Crippen molar-refractivity contribution in [3.05, 3.63) is 216 Å². The van der Waals surface area contributed by atoms with Crippen LogP contribution in [-0.4, -0.2) is 9.97 Å². The molecule has 3 nitrogen and oxygen atoms in total. The first kappa shape index (κ1) is 31.0. The Labute approximate surface area is 324 Å². The summed E-state index contributed by atoms with van der Waals surface area (Å²) in [6.45, 7) is 0. The van der Waals surface area contributed by atoms with E-state index in [2.05, 4.69) is 188 Å². The van der Waals surface area contributed by atoms with E-state index < -0.39 is 5.41 Å². The second-order valence-corrected chi connectivity index (χ2v) is 14.8. The molecule has 0 radical (unpaired) electrons. The Balaban J connectivity index is 1.08. The largest absolute Gasteiger partial charge is 0.456 e. The van der Waals surface area contributed by atoms with Gasteiger partial charge in [-0.25, -0.2) is 9.97 Å². The smallest absolute Gasteiger partial charge is 0.161 e. The lowest BCUT2D eigenvalue weighted by Crippen LogP contribution is -2.25. The average molecular weight is 713 g/mol. The summed E-state index contributed by atoms with van der Waals surface area (Å²) in [6.07, 6.45) is 0. The third kappa shape index (κ3) is 4.28. The molecule has 1 atom stereocenters. The first-order chi connectivity index (χ1) is 27.8. The molecule has 12 rings (SSSR count). The van der Waals surface area contributed by atoms with Crippen LogP contribution in [0.25, 0.3) is 89.2 Å². The highest BCUT2D eigenvalue weighted by atomic mass is 16.3. The zero-order valence-corrected chi connectivity index (χ0v) is 30.3. The van der Waals surface area contributed by atoms with Gasteiger partial charge < -0.3 is 4.42 Å². The van der Waals surface area contributed by atoms with Crippen molar-refractivity contribution < 1.29 is 4.42 Å². The summed E-state index contributed by atoms with van der Waals surface area (Å²) in [5, 5.41) is 3.51. The first-order valence-corrected chi connectivity index (χ1v) is 19.2. The normalized spacial score (nSPS) is 14.9. The van der Waals surface area contributed by atoms with Gasteiger partial charge in [0.1, 0.15) is 11.3 Å². The zero-order valence-electron chi connectivity index (χ0n) is 30.3. The summed E-state index contributed by atoms with van der Waals surface area (Å²) in [4.78, 5) is 10.6. The summed E-state index contributed by atoms with van der Waals surface area (Å²) < 4.78 is 6.70. The van der Waals surface area contributed by atoms with Crippen molar-refractivity contribution in [1.82, 2.24) is 9.97 Å². The minimum absolute atomic E-state index is 0.497. The van der Waals surface area contributed by atoms with Gasteiger partial charge in [0.2, 0.25) is 0 Å². The Bertz CT molecular complexity index is 3210. The molecule has 2 aromatic heterocycles. The number of rotatable bonds is 4. The second kappa shape index (κ2) is 11.8. The molecule has 2 heterocycles. The average Bonchev–Trinajstić information content (AvgIpc) is 3.90. The number of hydrogen-bond acceptors (Lipinski definition) is 3. The Morgan fingerprint density at radius 1 is 0.375 bits per heavy atom. The molecule has 3 heteroatoms. The molecule has 0 amide bonds. The molecule has 8 aromatic carbocycles. The molecular weight excluding hydrogens is 681 g/mol. The van der Waals surface area contributed by atoms with E-state index in [0.717, 1.165) is 61.5 Å². The van der Waals surface area contributed by atoms with Crippen LogP contribution < -0.4 is 0 Å². The number of benzene rings is 8. The van der Waals surface area contributed by atoms with E-state index in [0.29, 0.717) is 5.82 Å². The summed E-state index contributed by atoms with van der Waals surface area (Å²) in [5.41, 5.74) is 16.3. The van der Waals surface area contributed by atoms with E-state index in [-0.39, 0.29) is 0 Å². The van der Waals surface area contributed by atoms with E-state index >= 15 is 0 Å². The molecule has 260 valence electrons. The maximum atomic E-state index is 6.70. The molecule has 1 spiro atoms. The predicted molar refractivity (Wildman–Crippen MR) is 227 cm³/mol. The summed E-state index contributed by atoms with van der Waals surface area (Å²) in [5.74, 6) is 1.66. The maximum absolute atomic E-state index is 6.70. The summed E-state index contributed by atoms with van der Waals surface area (Å²) in [6, 6.07) is 69.3. The van der Waals surface area contributed by atoms with Crippen LogP contribution in [0.2, 0.25) is 0 Å². The quantitative estimate of drug-likeness (QED) is 0.182. The molecule has 2 aliphatic rings. The van der Waals surface area contributed by atoms with Crippen molar-refractivity contribution in [1.29, 1.82) is 0 Å².